The maximum absolute atomic E-state index is 11.7. The summed E-state index contributed by atoms with van der Waals surface area (Å²) in [6, 6.07) is 5.52. The van der Waals surface area contributed by atoms with Gasteiger partial charge in [0.2, 0.25) is 11.6 Å². The van der Waals surface area contributed by atoms with Crippen LogP contribution in [0.4, 0.5) is 17.3 Å². The molecule has 9 heteroatoms. The zero-order valence-corrected chi connectivity index (χ0v) is 14.1. The summed E-state index contributed by atoms with van der Waals surface area (Å²) < 4.78 is 5.69. The molecule has 1 aliphatic rings. The van der Waals surface area contributed by atoms with E-state index in [0.717, 1.165) is 5.69 Å². The summed E-state index contributed by atoms with van der Waals surface area (Å²) in [5.41, 5.74) is 0.644. The predicted octanol–water partition coefficient (Wildman–Crippen LogP) is 2.01. The van der Waals surface area contributed by atoms with Crippen molar-refractivity contribution in [2.24, 2.45) is 0 Å². The highest BCUT2D eigenvalue weighted by Crippen LogP contribution is 2.33. The molecule has 0 spiro atoms. The Morgan fingerprint density at radius 2 is 2.04 bits per heavy atom. The highest BCUT2D eigenvalue weighted by atomic mass is 16.6. The van der Waals surface area contributed by atoms with E-state index in [9.17, 15) is 10.1 Å². The van der Waals surface area contributed by atoms with E-state index in [-0.39, 0.29) is 23.7 Å². The average molecular weight is 344 g/mol. The Morgan fingerprint density at radius 3 is 2.68 bits per heavy atom. The number of pyridine rings is 1. The molecule has 0 amide bonds. The van der Waals surface area contributed by atoms with Gasteiger partial charge >= 0.3 is 5.69 Å². The van der Waals surface area contributed by atoms with Crippen LogP contribution >= 0.6 is 0 Å². The highest BCUT2D eigenvalue weighted by Gasteiger charge is 2.31. The monoisotopic (exact) mass is 344 g/mol. The number of nitro groups is 1. The zero-order valence-electron chi connectivity index (χ0n) is 14.1. The molecular formula is C16H20N6O3. The summed E-state index contributed by atoms with van der Waals surface area (Å²) in [6.07, 6.45) is 2.97. The zero-order chi connectivity index (χ0) is 17.8. The van der Waals surface area contributed by atoms with E-state index in [1.807, 2.05) is 36.9 Å². The van der Waals surface area contributed by atoms with E-state index in [1.165, 1.54) is 6.33 Å². The second kappa shape index (κ2) is 7.39. The molecule has 2 aromatic heterocycles. The third-order valence-corrected chi connectivity index (χ3v) is 3.87. The molecule has 9 nitrogen and oxygen atoms in total. The number of hydrogen-bond acceptors (Lipinski definition) is 8. The minimum atomic E-state index is -0.444. The standard InChI is InChI=1S/C16H20N6O3/c1-11-8-21(9-12(2)25-11)16-14(22(23)24)15(19-10-20-16)18-7-13-5-3-4-6-17-13/h3-6,10-12H,7-9H2,1-2H3,(H,18,19,20). The van der Waals surface area contributed by atoms with Gasteiger partial charge in [-0.1, -0.05) is 6.07 Å². The molecule has 132 valence electrons. The fourth-order valence-electron chi connectivity index (χ4n) is 2.93. The topological polar surface area (TPSA) is 106 Å². The maximum atomic E-state index is 11.7. The van der Waals surface area contributed by atoms with Crippen molar-refractivity contribution in [1.82, 2.24) is 15.0 Å². The molecule has 1 aliphatic heterocycles. The second-order valence-electron chi connectivity index (χ2n) is 5.99. The first-order valence-electron chi connectivity index (χ1n) is 8.08. The molecule has 0 saturated carbocycles. The number of aromatic nitrogens is 3. The summed E-state index contributed by atoms with van der Waals surface area (Å²) in [6.45, 7) is 5.31. The third-order valence-electron chi connectivity index (χ3n) is 3.87. The van der Waals surface area contributed by atoms with Gasteiger partial charge in [0.25, 0.3) is 0 Å². The van der Waals surface area contributed by atoms with Crippen LogP contribution in [-0.2, 0) is 11.3 Å². The molecule has 25 heavy (non-hydrogen) atoms. The summed E-state index contributed by atoms with van der Waals surface area (Å²) in [5, 5.41) is 14.7. The average Bonchev–Trinajstić information content (AvgIpc) is 2.59. The molecule has 2 unspecified atom stereocenters. The van der Waals surface area contributed by atoms with Crippen molar-refractivity contribution in [2.45, 2.75) is 32.6 Å². The minimum Gasteiger partial charge on any atom is -0.372 e. The second-order valence-corrected chi connectivity index (χ2v) is 5.99. The van der Waals surface area contributed by atoms with Crippen LogP contribution in [0.2, 0.25) is 0 Å². The molecule has 1 fully saturated rings. The number of ether oxygens (including phenoxy) is 1. The van der Waals surface area contributed by atoms with Crippen LogP contribution in [-0.4, -0.2) is 45.2 Å². The fraction of sp³-hybridized carbons (Fsp3) is 0.438. The SMILES string of the molecule is CC1CN(c2ncnc(NCc3ccccn3)c2[N+](=O)[O-])CC(C)O1. The van der Waals surface area contributed by atoms with Crippen molar-refractivity contribution in [2.75, 3.05) is 23.3 Å². The Hall–Kier alpha value is -2.81. The van der Waals surface area contributed by atoms with Crippen LogP contribution in [0.1, 0.15) is 19.5 Å². The van der Waals surface area contributed by atoms with E-state index in [2.05, 4.69) is 20.3 Å². The summed E-state index contributed by atoms with van der Waals surface area (Å²) >= 11 is 0. The van der Waals surface area contributed by atoms with Gasteiger partial charge in [0.15, 0.2) is 0 Å². The van der Waals surface area contributed by atoms with Gasteiger partial charge in [-0.2, -0.15) is 0 Å². The smallest absolute Gasteiger partial charge is 0.353 e. The van der Waals surface area contributed by atoms with Crippen molar-refractivity contribution in [3.8, 4) is 0 Å². The van der Waals surface area contributed by atoms with Gasteiger partial charge in [-0.25, -0.2) is 9.97 Å². The Balaban J connectivity index is 1.87. The molecule has 2 atom stereocenters. The molecule has 1 N–H and O–H groups in total. The third kappa shape index (κ3) is 4.00. The van der Waals surface area contributed by atoms with E-state index >= 15 is 0 Å². The van der Waals surface area contributed by atoms with Crippen LogP contribution in [0.3, 0.4) is 0 Å². The van der Waals surface area contributed by atoms with E-state index < -0.39 is 4.92 Å². The molecule has 3 rings (SSSR count). The van der Waals surface area contributed by atoms with Crippen molar-refractivity contribution >= 4 is 17.3 Å². The Labute approximate surface area is 145 Å². The van der Waals surface area contributed by atoms with Gasteiger partial charge in [0.05, 0.1) is 29.4 Å². The van der Waals surface area contributed by atoms with E-state index in [0.29, 0.717) is 25.5 Å². The first-order chi connectivity index (χ1) is 12.0. The molecule has 0 aromatic carbocycles. The molecule has 0 aliphatic carbocycles. The Bertz CT molecular complexity index is 732. The van der Waals surface area contributed by atoms with Gasteiger partial charge in [0.1, 0.15) is 6.33 Å². The highest BCUT2D eigenvalue weighted by molar-refractivity contribution is 5.70. The first kappa shape index (κ1) is 17.0. The Morgan fingerprint density at radius 1 is 1.28 bits per heavy atom. The largest absolute Gasteiger partial charge is 0.372 e. The van der Waals surface area contributed by atoms with E-state index in [4.69, 9.17) is 4.74 Å². The van der Waals surface area contributed by atoms with Crippen molar-refractivity contribution in [3.05, 3.63) is 46.5 Å². The van der Waals surface area contributed by atoms with Gasteiger partial charge in [-0.05, 0) is 26.0 Å². The van der Waals surface area contributed by atoms with Crippen molar-refractivity contribution in [1.29, 1.82) is 0 Å². The maximum Gasteiger partial charge on any atom is 0.353 e. The van der Waals surface area contributed by atoms with E-state index in [1.54, 1.807) is 6.20 Å². The number of nitrogens with zero attached hydrogens (tertiary/aromatic N) is 5. The lowest BCUT2D eigenvalue weighted by Crippen LogP contribution is -2.46. The number of hydrogen-bond donors (Lipinski definition) is 1. The van der Waals surface area contributed by atoms with Crippen LogP contribution in [0.5, 0.6) is 0 Å². The lowest BCUT2D eigenvalue weighted by molar-refractivity contribution is -0.383. The lowest BCUT2D eigenvalue weighted by Gasteiger charge is -2.35. The first-order valence-corrected chi connectivity index (χ1v) is 8.08. The molecule has 1 saturated heterocycles. The van der Waals surface area contributed by atoms with Crippen LogP contribution in [0.15, 0.2) is 30.7 Å². The van der Waals surface area contributed by atoms with Gasteiger partial charge in [-0.15, -0.1) is 0 Å². The molecule has 2 aromatic rings. The van der Waals surface area contributed by atoms with Gasteiger partial charge in [-0.3, -0.25) is 15.1 Å². The summed E-state index contributed by atoms with van der Waals surface area (Å²) in [7, 11) is 0. The normalized spacial score (nSPS) is 20.3. The lowest BCUT2D eigenvalue weighted by atomic mass is 10.2. The van der Waals surface area contributed by atoms with Crippen LogP contribution < -0.4 is 10.2 Å². The van der Waals surface area contributed by atoms with Crippen LogP contribution in [0, 0.1) is 10.1 Å². The van der Waals surface area contributed by atoms with Crippen molar-refractivity contribution in [3.63, 3.8) is 0 Å². The number of nitrogens with one attached hydrogen (secondary N) is 1. The summed E-state index contributed by atoms with van der Waals surface area (Å²) in [5.74, 6) is 0.498. The molecule has 3 heterocycles. The molecule has 0 radical (unpaired) electrons. The van der Waals surface area contributed by atoms with Gasteiger partial charge < -0.3 is 15.0 Å². The van der Waals surface area contributed by atoms with Crippen LogP contribution in [0.25, 0.3) is 0 Å². The van der Waals surface area contributed by atoms with Crippen molar-refractivity contribution < 1.29 is 9.66 Å². The van der Waals surface area contributed by atoms with Gasteiger partial charge in [0, 0.05) is 19.3 Å². The number of rotatable bonds is 5. The fourth-order valence-corrected chi connectivity index (χ4v) is 2.93. The molecular weight excluding hydrogens is 324 g/mol. The molecule has 0 bridgehead atoms. The quantitative estimate of drug-likeness (QED) is 0.648. The predicted molar refractivity (Wildman–Crippen MR) is 92.5 cm³/mol. The Kier molecular flexibility index (Phi) is 5.03. The summed E-state index contributed by atoms with van der Waals surface area (Å²) in [4.78, 5) is 25.5. The number of anilines is 2. The minimum absolute atomic E-state index is 0.0248. The number of morpholine rings is 1.